The predicted octanol–water partition coefficient (Wildman–Crippen LogP) is 2.92. The highest BCUT2D eigenvalue weighted by Gasteiger charge is 2.21. The van der Waals surface area contributed by atoms with Gasteiger partial charge in [-0.3, -0.25) is 4.79 Å². The molecule has 3 aromatic rings. The molecule has 5 heteroatoms. The Morgan fingerprint density at radius 3 is 2.54 bits per heavy atom. The molecule has 24 heavy (non-hydrogen) atoms. The van der Waals surface area contributed by atoms with Crippen molar-refractivity contribution in [2.24, 2.45) is 0 Å². The molecule has 0 saturated carbocycles. The summed E-state index contributed by atoms with van der Waals surface area (Å²) in [4.78, 5) is 24.9. The number of hydrogen-bond donors (Lipinski definition) is 1. The number of benzene rings is 2. The molecular formula is C19H20N4O. The van der Waals surface area contributed by atoms with E-state index in [4.69, 9.17) is 0 Å². The summed E-state index contributed by atoms with van der Waals surface area (Å²) in [5.74, 6) is 1.01. The Balaban J connectivity index is 1.49. The minimum atomic E-state index is 0.113. The monoisotopic (exact) mass is 320 g/mol. The predicted molar refractivity (Wildman–Crippen MR) is 95.3 cm³/mol. The van der Waals surface area contributed by atoms with E-state index in [-0.39, 0.29) is 5.91 Å². The summed E-state index contributed by atoms with van der Waals surface area (Å²) in [5, 5.41) is 0. The number of aromatic amines is 1. The zero-order valence-electron chi connectivity index (χ0n) is 13.5. The summed E-state index contributed by atoms with van der Waals surface area (Å²) < 4.78 is 0. The van der Waals surface area contributed by atoms with Crippen LogP contribution in [0.15, 0.2) is 54.6 Å². The van der Waals surface area contributed by atoms with Crippen molar-refractivity contribution in [1.82, 2.24) is 14.9 Å². The normalized spacial score (nSPS) is 15.5. The first kappa shape index (κ1) is 14.8. The second-order valence-electron chi connectivity index (χ2n) is 6.08. The van der Waals surface area contributed by atoms with Gasteiger partial charge in [0.2, 0.25) is 5.95 Å². The van der Waals surface area contributed by atoms with Crippen LogP contribution in [-0.2, 0) is 0 Å². The Bertz CT molecular complexity index is 810. The number of H-pyrrole nitrogens is 1. The van der Waals surface area contributed by atoms with E-state index >= 15 is 0 Å². The molecule has 2 aromatic carbocycles. The van der Waals surface area contributed by atoms with E-state index in [1.54, 1.807) is 0 Å². The minimum absolute atomic E-state index is 0.113. The molecule has 0 atom stereocenters. The first-order chi connectivity index (χ1) is 11.8. The highest BCUT2D eigenvalue weighted by molar-refractivity contribution is 5.94. The summed E-state index contributed by atoms with van der Waals surface area (Å²) in [5.41, 5.74) is 2.79. The molecule has 1 fully saturated rings. The molecule has 1 N–H and O–H groups in total. The zero-order valence-corrected chi connectivity index (χ0v) is 13.5. The Morgan fingerprint density at radius 1 is 0.917 bits per heavy atom. The number of imidazole rings is 1. The van der Waals surface area contributed by atoms with Crippen molar-refractivity contribution >= 4 is 22.9 Å². The van der Waals surface area contributed by atoms with Crippen molar-refractivity contribution < 1.29 is 4.79 Å². The molecule has 1 amide bonds. The molecular weight excluding hydrogens is 300 g/mol. The Morgan fingerprint density at radius 2 is 1.71 bits per heavy atom. The van der Waals surface area contributed by atoms with Gasteiger partial charge in [0.25, 0.3) is 5.91 Å². The lowest BCUT2D eigenvalue weighted by molar-refractivity contribution is 0.0767. The van der Waals surface area contributed by atoms with Gasteiger partial charge in [-0.05, 0) is 30.7 Å². The van der Waals surface area contributed by atoms with Crippen molar-refractivity contribution in [1.29, 1.82) is 0 Å². The van der Waals surface area contributed by atoms with E-state index in [0.29, 0.717) is 6.54 Å². The summed E-state index contributed by atoms with van der Waals surface area (Å²) in [7, 11) is 0. The Labute approximate surface area is 140 Å². The SMILES string of the molecule is O=C(c1ccccc1)N1CCCN(c2nc3ccccc3[nH]2)CC1. The van der Waals surface area contributed by atoms with Crippen LogP contribution in [0.1, 0.15) is 16.8 Å². The number of carbonyl (C=O) groups excluding carboxylic acids is 1. The van der Waals surface area contributed by atoms with Gasteiger partial charge in [-0.15, -0.1) is 0 Å². The fourth-order valence-corrected chi connectivity index (χ4v) is 3.18. The lowest BCUT2D eigenvalue weighted by atomic mass is 10.2. The molecule has 122 valence electrons. The van der Waals surface area contributed by atoms with E-state index < -0.39 is 0 Å². The molecule has 1 aromatic heterocycles. The average molecular weight is 320 g/mol. The van der Waals surface area contributed by atoms with Crippen LogP contribution >= 0.6 is 0 Å². The standard InChI is InChI=1S/C19H20N4O/c24-18(15-7-2-1-3-8-15)22-11-6-12-23(14-13-22)19-20-16-9-4-5-10-17(16)21-19/h1-5,7-10H,6,11-14H2,(H,20,21). The van der Waals surface area contributed by atoms with Crippen molar-refractivity contribution in [3.05, 3.63) is 60.2 Å². The molecule has 0 unspecified atom stereocenters. The molecule has 1 aliphatic rings. The van der Waals surface area contributed by atoms with Crippen molar-refractivity contribution in [2.75, 3.05) is 31.1 Å². The van der Waals surface area contributed by atoms with Gasteiger partial charge in [0.05, 0.1) is 11.0 Å². The van der Waals surface area contributed by atoms with Crippen LogP contribution in [0.25, 0.3) is 11.0 Å². The number of nitrogens with one attached hydrogen (secondary N) is 1. The smallest absolute Gasteiger partial charge is 0.253 e. The molecule has 1 saturated heterocycles. The van der Waals surface area contributed by atoms with Crippen LogP contribution in [0.3, 0.4) is 0 Å². The number of hydrogen-bond acceptors (Lipinski definition) is 3. The number of para-hydroxylation sites is 2. The van der Waals surface area contributed by atoms with Gasteiger partial charge < -0.3 is 14.8 Å². The van der Waals surface area contributed by atoms with Gasteiger partial charge in [-0.1, -0.05) is 30.3 Å². The maximum absolute atomic E-state index is 12.6. The first-order valence-corrected chi connectivity index (χ1v) is 8.35. The highest BCUT2D eigenvalue weighted by Crippen LogP contribution is 2.19. The molecule has 0 bridgehead atoms. The van der Waals surface area contributed by atoms with E-state index in [2.05, 4.69) is 14.9 Å². The number of rotatable bonds is 2. The third-order valence-electron chi connectivity index (χ3n) is 4.48. The Kier molecular flexibility index (Phi) is 3.91. The first-order valence-electron chi connectivity index (χ1n) is 8.35. The number of aromatic nitrogens is 2. The number of amides is 1. The van der Waals surface area contributed by atoms with Crippen molar-refractivity contribution in [3.8, 4) is 0 Å². The van der Waals surface area contributed by atoms with Gasteiger partial charge in [0.1, 0.15) is 0 Å². The summed E-state index contributed by atoms with van der Waals surface area (Å²) >= 11 is 0. The number of nitrogens with zero attached hydrogens (tertiary/aromatic N) is 3. The van der Waals surface area contributed by atoms with E-state index in [1.165, 1.54) is 0 Å². The van der Waals surface area contributed by atoms with Crippen LogP contribution in [-0.4, -0.2) is 47.0 Å². The molecule has 0 spiro atoms. The van der Waals surface area contributed by atoms with Crippen LogP contribution in [0, 0.1) is 0 Å². The number of anilines is 1. The minimum Gasteiger partial charge on any atom is -0.341 e. The Hall–Kier alpha value is -2.82. The summed E-state index contributed by atoms with van der Waals surface area (Å²) in [6.07, 6.45) is 0.940. The molecule has 0 aliphatic carbocycles. The third-order valence-corrected chi connectivity index (χ3v) is 4.48. The van der Waals surface area contributed by atoms with E-state index in [1.807, 2.05) is 59.5 Å². The van der Waals surface area contributed by atoms with Crippen molar-refractivity contribution in [2.45, 2.75) is 6.42 Å². The average Bonchev–Trinajstić information content (AvgIpc) is 2.91. The van der Waals surface area contributed by atoms with Gasteiger partial charge in [0, 0.05) is 31.7 Å². The largest absolute Gasteiger partial charge is 0.341 e. The van der Waals surface area contributed by atoms with Gasteiger partial charge in [-0.25, -0.2) is 4.98 Å². The number of carbonyl (C=O) groups is 1. The van der Waals surface area contributed by atoms with Crippen LogP contribution in [0.4, 0.5) is 5.95 Å². The lowest BCUT2D eigenvalue weighted by Gasteiger charge is -2.21. The lowest BCUT2D eigenvalue weighted by Crippen LogP contribution is -2.35. The molecule has 5 nitrogen and oxygen atoms in total. The molecule has 0 radical (unpaired) electrons. The topological polar surface area (TPSA) is 52.2 Å². The number of fused-ring (bicyclic) bond motifs is 1. The van der Waals surface area contributed by atoms with E-state index in [9.17, 15) is 4.79 Å². The highest BCUT2D eigenvalue weighted by atomic mass is 16.2. The van der Waals surface area contributed by atoms with Gasteiger partial charge >= 0.3 is 0 Å². The molecule has 2 heterocycles. The van der Waals surface area contributed by atoms with Crippen LogP contribution in [0.5, 0.6) is 0 Å². The fraction of sp³-hybridized carbons (Fsp3) is 0.263. The van der Waals surface area contributed by atoms with Crippen LogP contribution in [0.2, 0.25) is 0 Å². The second kappa shape index (κ2) is 6.35. The quantitative estimate of drug-likeness (QED) is 0.790. The van der Waals surface area contributed by atoms with Crippen LogP contribution < -0.4 is 4.90 Å². The van der Waals surface area contributed by atoms with Gasteiger partial charge in [-0.2, -0.15) is 0 Å². The fourth-order valence-electron chi connectivity index (χ4n) is 3.18. The second-order valence-corrected chi connectivity index (χ2v) is 6.08. The molecule has 1 aliphatic heterocycles. The van der Waals surface area contributed by atoms with E-state index in [0.717, 1.165) is 48.6 Å². The summed E-state index contributed by atoms with van der Waals surface area (Å²) in [6, 6.07) is 17.6. The maximum Gasteiger partial charge on any atom is 0.253 e. The van der Waals surface area contributed by atoms with Crippen molar-refractivity contribution in [3.63, 3.8) is 0 Å². The van der Waals surface area contributed by atoms with Gasteiger partial charge in [0.15, 0.2) is 0 Å². The zero-order chi connectivity index (χ0) is 16.4. The molecule has 4 rings (SSSR count). The third kappa shape index (κ3) is 2.85. The summed E-state index contributed by atoms with van der Waals surface area (Å²) in [6.45, 7) is 3.19. The maximum atomic E-state index is 12.6.